The number of hydrogen-bond acceptors (Lipinski definition) is 3. The highest BCUT2D eigenvalue weighted by Crippen LogP contribution is 2.23. The number of anilines is 1. The first-order chi connectivity index (χ1) is 11.6. The first-order valence-corrected chi connectivity index (χ1v) is 8.79. The van der Waals surface area contributed by atoms with Crippen LogP contribution in [0.15, 0.2) is 36.0 Å². The maximum atomic E-state index is 12.7. The molecule has 0 N–H and O–H groups in total. The van der Waals surface area contributed by atoms with E-state index in [1.807, 2.05) is 44.0 Å². The lowest BCUT2D eigenvalue weighted by atomic mass is 9.94. The molecular formula is C20H27N3O. The summed E-state index contributed by atoms with van der Waals surface area (Å²) in [5.41, 5.74) is 2.35. The fraction of sp³-hybridized carbons (Fsp3) is 0.500. The van der Waals surface area contributed by atoms with Gasteiger partial charge in [-0.1, -0.05) is 31.4 Å². The van der Waals surface area contributed by atoms with Crippen molar-refractivity contribution in [2.24, 2.45) is 0 Å². The minimum absolute atomic E-state index is 0.171. The van der Waals surface area contributed by atoms with E-state index in [-0.39, 0.29) is 17.5 Å². The lowest BCUT2D eigenvalue weighted by molar-refractivity contribution is -0.128. The molecule has 1 aliphatic carbocycles. The van der Waals surface area contributed by atoms with Crippen LogP contribution in [0, 0.1) is 18.3 Å². The molecule has 0 radical (unpaired) electrons. The van der Waals surface area contributed by atoms with Crippen molar-refractivity contribution in [3.05, 3.63) is 41.6 Å². The maximum Gasteiger partial charge on any atom is 0.266 e. The predicted octanol–water partition coefficient (Wildman–Crippen LogP) is 4.02. The normalized spacial score (nSPS) is 15.7. The summed E-state index contributed by atoms with van der Waals surface area (Å²) in [6.07, 6.45) is 7.34. The van der Waals surface area contributed by atoms with Gasteiger partial charge in [0.15, 0.2) is 0 Å². The second-order valence-corrected chi connectivity index (χ2v) is 6.49. The van der Waals surface area contributed by atoms with Crippen molar-refractivity contribution in [1.82, 2.24) is 4.90 Å². The highest BCUT2D eigenvalue weighted by Gasteiger charge is 2.24. The van der Waals surface area contributed by atoms with E-state index < -0.39 is 0 Å². The summed E-state index contributed by atoms with van der Waals surface area (Å²) in [6, 6.07) is 10.4. The summed E-state index contributed by atoms with van der Waals surface area (Å²) in [6.45, 7) is 4.76. The van der Waals surface area contributed by atoms with Crippen LogP contribution in [0.5, 0.6) is 0 Å². The quantitative estimate of drug-likeness (QED) is 0.607. The number of carbonyl (C=O) groups is 1. The fourth-order valence-electron chi connectivity index (χ4n) is 3.27. The molecule has 0 atom stereocenters. The van der Waals surface area contributed by atoms with Crippen LogP contribution >= 0.6 is 0 Å². The number of rotatable bonds is 5. The zero-order chi connectivity index (χ0) is 17.5. The maximum absolute atomic E-state index is 12.7. The second-order valence-electron chi connectivity index (χ2n) is 6.49. The number of likely N-dealkylation sites (N-methyl/N-ethyl adjacent to an activating group) is 1. The Kier molecular flexibility index (Phi) is 6.43. The van der Waals surface area contributed by atoms with E-state index in [0.717, 1.165) is 36.9 Å². The van der Waals surface area contributed by atoms with E-state index >= 15 is 0 Å². The molecule has 1 aromatic carbocycles. The molecule has 1 fully saturated rings. The summed E-state index contributed by atoms with van der Waals surface area (Å²) in [5.74, 6) is -0.171. The number of aryl methyl sites for hydroxylation is 1. The summed E-state index contributed by atoms with van der Waals surface area (Å²) >= 11 is 0. The van der Waals surface area contributed by atoms with Crippen LogP contribution in [-0.2, 0) is 4.79 Å². The minimum atomic E-state index is -0.171. The SMILES string of the molecule is CCN(/C=C(/C#N)C(=O)N(C)C1CCCCC1)c1cccc(C)c1. The highest BCUT2D eigenvalue weighted by molar-refractivity contribution is 5.97. The molecule has 0 bridgehead atoms. The first kappa shape index (κ1) is 18.1. The summed E-state index contributed by atoms with van der Waals surface area (Å²) in [4.78, 5) is 16.5. The van der Waals surface area contributed by atoms with Gasteiger partial charge >= 0.3 is 0 Å². The highest BCUT2D eigenvalue weighted by atomic mass is 16.2. The number of nitrogens with zero attached hydrogens (tertiary/aromatic N) is 3. The Bertz CT molecular complexity index is 639. The number of amides is 1. The van der Waals surface area contributed by atoms with Crippen molar-refractivity contribution in [1.29, 1.82) is 5.26 Å². The Morgan fingerprint density at radius 1 is 1.33 bits per heavy atom. The van der Waals surface area contributed by atoms with Gasteiger partial charge in [-0.15, -0.1) is 0 Å². The molecule has 0 saturated heterocycles. The zero-order valence-electron chi connectivity index (χ0n) is 15.0. The Morgan fingerprint density at radius 3 is 2.62 bits per heavy atom. The minimum Gasteiger partial charge on any atom is -0.347 e. The standard InChI is InChI=1S/C20H27N3O/c1-4-23(19-12-8-9-16(2)13-19)15-17(14-21)20(24)22(3)18-10-6-5-7-11-18/h8-9,12-13,15,18H,4-7,10-11H2,1-3H3/b17-15-. The van der Waals surface area contributed by atoms with Crippen LogP contribution in [0.25, 0.3) is 0 Å². The molecule has 0 unspecified atom stereocenters. The van der Waals surface area contributed by atoms with Crippen LogP contribution in [0.4, 0.5) is 5.69 Å². The van der Waals surface area contributed by atoms with E-state index in [2.05, 4.69) is 12.1 Å². The molecule has 128 valence electrons. The van der Waals surface area contributed by atoms with Crippen molar-refractivity contribution in [3.8, 4) is 6.07 Å². The van der Waals surface area contributed by atoms with Gasteiger partial charge in [-0.2, -0.15) is 5.26 Å². The molecule has 1 aliphatic rings. The molecule has 0 heterocycles. The summed E-state index contributed by atoms with van der Waals surface area (Å²) in [5, 5.41) is 9.50. The van der Waals surface area contributed by atoms with Gasteiger partial charge in [-0.25, -0.2) is 0 Å². The molecule has 1 saturated carbocycles. The Morgan fingerprint density at radius 2 is 2.04 bits per heavy atom. The van der Waals surface area contributed by atoms with Crippen LogP contribution in [0.1, 0.15) is 44.6 Å². The smallest absolute Gasteiger partial charge is 0.266 e. The number of carbonyl (C=O) groups excluding carboxylic acids is 1. The fourth-order valence-corrected chi connectivity index (χ4v) is 3.27. The van der Waals surface area contributed by atoms with Crippen molar-refractivity contribution < 1.29 is 4.79 Å². The molecular weight excluding hydrogens is 298 g/mol. The van der Waals surface area contributed by atoms with E-state index in [0.29, 0.717) is 6.54 Å². The molecule has 24 heavy (non-hydrogen) atoms. The Balaban J connectivity index is 2.19. The molecule has 2 rings (SSSR count). The lowest BCUT2D eigenvalue weighted by Crippen LogP contribution is -2.39. The van der Waals surface area contributed by atoms with Gasteiger partial charge < -0.3 is 9.80 Å². The Labute approximate surface area is 145 Å². The molecule has 1 amide bonds. The van der Waals surface area contributed by atoms with Gasteiger partial charge in [0.2, 0.25) is 0 Å². The van der Waals surface area contributed by atoms with Gasteiger partial charge in [0.1, 0.15) is 11.6 Å². The summed E-state index contributed by atoms with van der Waals surface area (Å²) in [7, 11) is 1.83. The van der Waals surface area contributed by atoms with Crippen molar-refractivity contribution in [2.45, 2.75) is 52.0 Å². The third-order valence-corrected chi connectivity index (χ3v) is 4.75. The third kappa shape index (κ3) is 4.38. The Hall–Kier alpha value is -2.28. The molecule has 0 aliphatic heterocycles. The molecule has 4 heteroatoms. The van der Waals surface area contributed by atoms with E-state index in [1.165, 1.54) is 6.42 Å². The van der Waals surface area contributed by atoms with Crippen molar-refractivity contribution >= 4 is 11.6 Å². The predicted molar refractivity (Wildman–Crippen MR) is 97.5 cm³/mol. The zero-order valence-corrected chi connectivity index (χ0v) is 15.0. The molecule has 0 spiro atoms. The van der Waals surface area contributed by atoms with Gasteiger partial charge in [-0.3, -0.25) is 4.79 Å². The summed E-state index contributed by atoms with van der Waals surface area (Å²) < 4.78 is 0. The first-order valence-electron chi connectivity index (χ1n) is 8.79. The second kappa shape index (κ2) is 8.54. The molecule has 4 nitrogen and oxygen atoms in total. The monoisotopic (exact) mass is 325 g/mol. The van der Waals surface area contributed by atoms with Crippen molar-refractivity contribution in [2.75, 3.05) is 18.5 Å². The van der Waals surface area contributed by atoms with Crippen LogP contribution in [0.3, 0.4) is 0 Å². The van der Waals surface area contributed by atoms with E-state index in [9.17, 15) is 10.1 Å². The number of benzene rings is 1. The average molecular weight is 325 g/mol. The van der Waals surface area contributed by atoms with Crippen LogP contribution in [-0.4, -0.2) is 30.4 Å². The van der Waals surface area contributed by atoms with Crippen LogP contribution < -0.4 is 4.90 Å². The largest absolute Gasteiger partial charge is 0.347 e. The average Bonchev–Trinajstić information content (AvgIpc) is 2.62. The molecule has 0 aromatic heterocycles. The van der Waals surface area contributed by atoms with Gasteiger partial charge in [-0.05, 0) is 44.4 Å². The third-order valence-electron chi connectivity index (χ3n) is 4.75. The number of nitriles is 1. The van der Waals surface area contributed by atoms with E-state index in [4.69, 9.17) is 0 Å². The van der Waals surface area contributed by atoms with Crippen molar-refractivity contribution in [3.63, 3.8) is 0 Å². The number of hydrogen-bond donors (Lipinski definition) is 0. The molecule has 1 aromatic rings. The topological polar surface area (TPSA) is 47.3 Å². The lowest BCUT2D eigenvalue weighted by Gasteiger charge is -2.31. The van der Waals surface area contributed by atoms with Gasteiger partial charge in [0.25, 0.3) is 5.91 Å². The van der Waals surface area contributed by atoms with E-state index in [1.54, 1.807) is 11.1 Å². The van der Waals surface area contributed by atoms with Gasteiger partial charge in [0, 0.05) is 31.5 Å². The van der Waals surface area contributed by atoms with Crippen LogP contribution in [0.2, 0.25) is 0 Å². The van der Waals surface area contributed by atoms with Gasteiger partial charge in [0.05, 0.1) is 0 Å².